The fourth-order valence-electron chi connectivity index (χ4n) is 4.95. The number of carbonyl (C=O) groups is 2. The van der Waals surface area contributed by atoms with E-state index in [1.54, 1.807) is 29.5 Å². The van der Waals surface area contributed by atoms with Gasteiger partial charge in [0.25, 0.3) is 10.0 Å². The first-order valence-electron chi connectivity index (χ1n) is 12.5. The highest BCUT2D eigenvalue weighted by Crippen LogP contribution is 2.39. The average molecular weight is 547 g/mol. The van der Waals surface area contributed by atoms with Crippen molar-refractivity contribution in [1.29, 1.82) is 0 Å². The number of hydrogen-bond acceptors (Lipinski definition) is 6. The van der Waals surface area contributed by atoms with E-state index in [-0.39, 0.29) is 34.3 Å². The van der Waals surface area contributed by atoms with Crippen molar-refractivity contribution in [2.45, 2.75) is 70.9 Å². The highest BCUT2D eigenvalue weighted by molar-refractivity contribution is 7.89. The van der Waals surface area contributed by atoms with Gasteiger partial charge in [-0.2, -0.15) is 4.31 Å². The van der Waals surface area contributed by atoms with Crippen molar-refractivity contribution in [3.8, 4) is 11.8 Å². The van der Waals surface area contributed by atoms with Crippen LogP contribution in [-0.4, -0.2) is 58.4 Å². The summed E-state index contributed by atoms with van der Waals surface area (Å²) in [5, 5.41) is 9.90. The number of aromatic carboxylic acids is 1. The van der Waals surface area contributed by atoms with E-state index in [0.29, 0.717) is 16.4 Å². The second-order valence-corrected chi connectivity index (χ2v) is 13.8. The van der Waals surface area contributed by atoms with Gasteiger partial charge in [-0.3, -0.25) is 4.79 Å². The average Bonchev–Trinajstić information content (AvgIpc) is 3.41. The quantitative estimate of drug-likeness (QED) is 0.570. The Morgan fingerprint density at radius 3 is 2.46 bits per heavy atom. The standard InChI is InChI=1S/C26H34N4O5S2/c1-17-27-22(15-28(17)5)37(34,35)29-14-21(18-9-7-6-8-10-18)30(23(31)16-29)20-13-19(11-12-26(2,3)4)36-24(20)25(32)33/h13,15,18,21H,6-10,14,16H2,1-5H3,(H,32,33)/t21-/m0/s1. The molecule has 1 N–H and O–H groups in total. The minimum Gasteiger partial charge on any atom is -0.477 e. The molecule has 2 aliphatic rings. The van der Waals surface area contributed by atoms with Gasteiger partial charge in [0, 0.05) is 25.2 Å². The topological polar surface area (TPSA) is 113 Å². The SMILES string of the molecule is Cc1nc(S(=O)(=O)N2CC(=O)N(c3cc(C#CC(C)(C)C)sc3C(=O)O)[C@H](C3CCCCC3)C2)cn1C. The van der Waals surface area contributed by atoms with Crippen LogP contribution in [0.5, 0.6) is 0 Å². The number of imidazole rings is 1. The molecule has 37 heavy (non-hydrogen) atoms. The number of aromatic nitrogens is 2. The van der Waals surface area contributed by atoms with Gasteiger partial charge in [-0.15, -0.1) is 11.3 Å². The molecule has 1 atom stereocenters. The fraction of sp³-hybridized carbons (Fsp3) is 0.577. The minimum absolute atomic E-state index is 0.0454. The molecule has 0 bridgehead atoms. The van der Waals surface area contributed by atoms with Gasteiger partial charge in [-0.25, -0.2) is 18.2 Å². The van der Waals surface area contributed by atoms with Crippen LogP contribution in [0.4, 0.5) is 5.69 Å². The number of anilines is 1. The van der Waals surface area contributed by atoms with Gasteiger partial charge in [0.05, 0.1) is 23.2 Å². The first-order chi connectivity index (χ1) is 17.3. The van der Waals surface area contributed by atoms with Gasteiger partial charge in [0.15, 0.2) is 5.03 Å². The molecule has 200 valence electrons. The zero-order valence-corrected chi connectivity index (χ0v) is 23.6. The maximum atomic E-state index is 13.7. The molecule has 1 amide bonds. The van der Waals surface area contributed by atoms with Crippen molar-refractivity contribution < 1.29 is 23.1 Å². The molecular formula is C26H34N4O5S2. The Morgan fingerprint density at radius 2 is 1.89 bits per heavy atom. The lowest BCUT2D eigenvalue weighted by Gasteiger charge is -2.44. The molecule has 1 aliphatic carbocycles. The third kappa shape index (κ3) is 5.76. The maximum Gasteiger partial charge on any atom is 0.348 e. The molecule has 1 saturated heterocycles. The van der Waals surface area contributed by atoms with Gasteiger partial charge in [-0.05, 0) is 52.5 Å². The van der Waals surface area contributed by atoms with Crippen LogP contribution >= 0.6 is 11.3 Å². The lowest BCUT2D eigenvalue weighted by atomic mass is 9.82. The van der Waals surface area contributed by atoms with Crippen LogP contribution in [0, 0.1) is 30.1 Å². The molecule has 11 heteroatoms. The molecule has 2 fully saturated rings. The first-order valence-corrected chi connectivity index (χ1v) is 14.8. The zero-order valence-electron chi connectivity index (χ0n) is 21.9. The number of carboxylic acid groups (broad SMARTS) is 1. The molecule has 1 aliphatic heterocycles. The highest BCUT2D eigenvalue weighted by atomic mass is 32.2. The lowest BCUT2D eigenvalue weighted by molar-refractivity contribution is -0.121. The van der Waals surface area contributed by atoms with Crippen LogP contribution in [0.25, 0.3) is 0 Å². The number of amides is 1. The molecule has 0 aromatic carbocycles. The van der Waals surface area contributed by atoms with Crippen molar-refractivity contribution in [2.75, 3.05) is 18.0 Å². The summed E-state index contributed by atoms with van der Waals surface area (Å²) in [5.41, 5.74) is 0.0414. The largest absolute Gasteiger partial charge is 0.477 e. The van der Waals surface area contributed by atoms with Crippen LogP contribution in [0.1, 0.15) is 73.2 Å². The molecule has 3 heterocycles. The Morgan fingerprint density at radius 1 is 1.22 bits per heavy atom. The normalized spacial score (nSPS) is 20.1. The predicted molar refractivity (Wildman–Crippen MR) is 142 cm³/mol. The maximum absolute atomic E-state index is 13.7. The van der Waals surface area contributed by atoms with Crippen LogP contribution in [0.3, 0.4) is 0 Å². The number of rotatable bonds is 5. The smallest absolute Gasteiger partial charge is 0.348 e. The highest BCUT2D eigenvalue weighted by Gasteiger charge is 2.44. The van der Waals surface area contributed by atoms with Crippen LogP contribution in [0.2, 0.25) is 0 Å². The van der Waals surface area contributed by atoms with E-state index in [2.05, 4.69) is 16.8 Å². The number of sulfonamides is 1. The van der Waals surface area contributed by atoms with E-state index in [1.165, 1.54) is 10.5 Å². The third-order valence-electron chi connectivity index (χ3n) is 6.91. The van der Waals surface area contributed by atoms with Gasteiger partial charge in [-0.1, -0.05) is 31.1 Å². The van der Waals surface area contributed by atoms with Crippen molar-refractivity contribution >= 4 is 38.9 Å². The second-order valence-electron chi connectivity index (χ2n) is 10.9. The number of piperazine rings is 1. The van der Waals surface area contributed by atoms with Gasteiger partial charge >= 0.3 is 5.97 Å². The number of nitrogens with zero attached hydrogens (tertiary/aromatic N) is 4. The summed E-state index contributed by atoms with van der Waals surface area (Å²) in [7, 11) is -2.28. The monoisotopic (exact) mass is 546 g/mol. The summed E-state index contributed by atoms with van der Waals surface area (Å²) < 4.78 is 29.8. The molecule has 0 spiro atoms. The number of aryl methyl sites for hydroxylation is 2. The Labute approximate surface area is 222 Å². The predicted octanol–water partition coefficient (Wildman–Crippen LogP) is 3.87. The van der Waals surface area contributed by atoms with Crippen LogP contribution in [0.15, 0.2) is 17.3 Å². The van der Waals surface area contributed by atoms with E-state index in [9.17, 15) is 23.1 Å². The molecule has 2 aromatic heterocycles. The third-order valence-corrected chi connectivity index (χ3v) is 9.63. The summed E-state index contributed by atoms with van der Waals surface area (Å²) in [5.74, 6) is 5.24. The number of thiophene rings is 1. The van der Waals surface area contributed by atoms with Crippen LogP contribution < -0.4 is 4.90 Å². The van der Waals surface area contributed by atoms with E-state index < -0.39 is 27.9 Å². The fourth-order valence-corrected chi connectivity index (χ4v) is 7.22. The Kier molecular flexibility index (Phi) is 7.57. The zero-order chi connectivity index (χ0) is 27.1. The number of carboxylic acids is 1. The molecule has 0 radical (unpaired) electrons. The summed E-state index contributed by atoms with van der Waals surface area (Å²) in [6.45, 7) is 7.34. The number of carbonyl (C=O) groups excluding carboxylic acids is 1. The lowest BCUT2D eigenvalue weighted by Crippen LogP contribution is -2.60. The van der Waals surface area contributed by atoms with Crippen molar-refractivity contribution in [1.82, 2.24) is 13.9 Å². The molecule has 4 rings (SSSR count). The van der Waals surface area contributed by atoms with Crippen LogP contribution in [-0.2, 0) is 21.9 Å². The molecule has 9 nitrogen and oxygen atoms in total. The van der Waals surface area contributed by atoms with Gasteiger partial charge in [0.1, 0.15) is 10.7 Å². The minimum atomic E-state index is -4.00. The first kappa shape index (κ1) is 27.4. The van der Waals surface area contributed by atoms with E-state index >= 15 is 0 Å². The summed E-state index contributed by atoms with van der Waals surface area (Å²) >= 11 is 1.05. The van der Waals surface area contributed by atoms with E-state index in [0.717, 1.165) is 43.4 Å². The molecule has 2 aromatic rings. The molecular weight excluding hydrogens is 512 g/mol. The van der Waals surface area contributed by atoms with Crippen molar-refractivity contribution in [3.63, 3.8) is 0 Å². The Balaban J connectivity index is 1.76. The second kappa shape index (κ2) is 10.2. The Bertz CT molecular complexity index is 1350. The summed E-state index contributed by atoms with van der Waals surface area (Å²) in [6.07, 6.45) is 6.25. The Hall–Kier alpha value is -2.68. The van der Waals surface area contributed by atoms with E-state index in [4.69, 9.17) is 0 Å². The number of hydrogen-bond donors (Lipinski definition) is 1. The van der Waals surface area contributed by atoms with E-state index in [1.807, 2.05) is 20.8 Å². The molecule has 1 saturated carbocycles. The van der Waals surface area contributed by atoms with Crippen molar-refractivity contribution in [3.05, 3.63) is 27.8 Å². The van der Waals surface area contributed by atoms with Gasteiger partial charge < -0.3 is 14.6 Å². The summed E-state index contributed by atoms with van der Waals surface area (Å²) in [6, 6.07) is 1.20. The van der Waals surface area contributed by atoms with Crippen molar-refractivity contribution in [2.24, 2.45) is 18.4 Å². The van der Waals surface area contributed by atoms with Gasteiger partial charge in [0.2, 0.25) is 5.91 Å². The molecule has 0 unspecified atom stereocenters. The summed E-state index contributed by atoms with van der Waals surface area (Å²) in [4.78, 5) is 32.3.